The summed E-state index contributed by atoms with van der Waals surface area (Å²) < 4.78 is 16.0. The Kier molecular flexibility index (Phi) is 7.55. The minimum Gasteiger partial charge on any atom is -0.490 e. The maximum Gasteiger partial charge on any atom is 0.348 e. The molecular weight excluding hydrogens is 282 g/mol. The van der Waals surface area contributed by atoms with Crippen LogP contribution in [-0.4, -0.2) is 25.8 Å². The summed E-state index contributed by atoms with van der Waals surface area (Å²) in [6, 6.07) is 7.13. The highest BCUT2D eigenvalue weighted by Gasteiger charge is 2.11. The van der Waals surface area contributed by atoms with Gasteiger partial charge >= 0.3 is 5.97 Å². The molecule has 0 heterocycles. The van der Waals surface area contributed by atoms with Crippen LogP contribution in [0.3, 0.4) is 0 Å². The van der Waals surface area contributed by atoms with Gasteiger partial charge in [-0.05, 0) is 44.0 Å². The van der Waals surface area contributed by atoms with Crippen LogP contribution in [0.4, 0.5) is 0 Å². The number of nitrogens with zero attached hydrogens (tertiary/aromatic N) is 1. The largest absolute Gasteiger partial charge is 0.490 e. The first-order valence-corrected chi connectivity index (χ1v) is 7.34. The average molecular weight is 303 g/mol. The number of carbonyl (C=O) groups excluding carboxylic acids is 1. The zero-order valence-corrected chi connectivity index (χ0v) is 13.2. The number of esters is 1. The molecule has 22 heavy (non-hydrogen) atoms. The van der Waals surface area contributed by atoms with E-state index in [1.165, 1.54) is 6.08 Å². The van der Waals surface area contributed by atoms with Gasteiger partial charge in [-0.1, -0.05) is 13.0 Å². The molecule has 0 fully saturated rings. The summed E-state index contributed by atoms with van der Waals surface area (Å²) in [7, 11) is 0. The normalized spacial score (nSPS) is 10.7. The number of nitriles is 1. The molecule has 0 spiro atoms. The van der Waals surface area contributed by atoms with E-state index in [0.717, 1.165) is 6.42 Å². The van der Waals surface area contributed by atoms with Gasteiger partial charge in [0, 0.05) is 0 Å². The summed E-state index contributed by atoms with van der Waals surface area (Å²) >= 11 is 0. The number of hydrogen-bond acceptors (Lipinski definition) is 5. The summed E-state index contributed by atoms with van der Waals surface area (Å²) in [5.41, 5.74) is 0.628. The molecule has 1 aromatic carbocycles. The standard InChI is InChI=1S/C17H21NO4/c1-4-9-22-15-8-7-13(11-16(15)20-5-2)10-14(12-18)17(19)21-6-3/h7-8,10-11H,4-6,9H2,1-3H3/b14-10+. The molecular formula is C17H21NO4. The number of rotatable bonds is 8. The predicted molar refractivity (Wildman–Crippen MR) is 83.6 cm³/mol. The van der Waals surface area contributed by atoms with Crippen molar-refractivity contribution in [2.75, 3.05) is 19.8 Å². The Morgan fingerprint density at radius 3 is 2.55 bits per heavy atom. The van der Waals surface area contributed by atoms with Crippen LogP contribution >= 0.6 is 0 Å². The Morgan fingerprint density at radius 2 is 1.95 bits per heavy atom. The lowest BCUT2D eigenvalue weighted by molar-refractivity contribution is -0.137. The lowest BCUT2D eigenvalue weighted by Gasteiger charge is -2.12. The zero-order chi connectivity index (χ0) is 16.4. The van der Waals surface area contributed by atoms with Crippen LogP contribution in [0, 0.1) is 11.3 Å². The van der Waals surface area contributed by atoms with Gasteiger partial charge in [-0.25, -0.2) is 4.79 Å². The van der Waals surface area contributed by atoms with Crippen LogP contribution in [0.15, 0.2) is 23.8 Å². The summed E-state index contributed by atoms with van der Waals surface area (Å²) in [5.74, 6) is 0.607. The summed E-state index contributed by atoms with van der Waals surface area (Å²) in [6.07, 6.45) is 2.37. The molecule has 118 valence electrons. The molecule has 0 saturated carbocycles. The van der Waals surface area contributed by atoms with E-state index < -0.39 is 5.97 Å². The maximum absolute atomic E-state index is 11.6. The van der Waals surface area contributed by atoms with E-state index in [9.17, 15) is 4.79 Å². The highest BCUT2D eigenvalue weighted by atomic mass is 16.5. The van der Waals surface area contributed by atoms with Crippen LogP contribution in [0.2, 0.25) is 0 Å². The molecule has 0 N–H and O–H groups in total. The van der Waals surface area contributed by atoms with Crippen molar-refractivity contribution in [1.82, 2.24) is 0 Å². The Balaban J connectivity index is 3.07. The lowest BCUT2D eigenvalue weighted by Crippen LogP contribution is -2.06. The lowest BCUT2D eigenvalue weighted by atomic mass is 10.1. The minimum absolute atomic E-state index is 0.0495. The van der Waals surface area contributed by atoms with E-state index in [0.29, 0.717) is 30.3 Å². The van der Waals surface area contributed by atoms with Crippen molar-refractivity contribution in [2.45, 2.75) is 27.2 Å². The second-order valence-corrected chi connectivity index (χ2v) is 4.38. The number of hydrogen-bond donors (Lipinski definition) is 0. The molecule has 5 heteroatoms. The number of carbonyl (C=O) groups is 1. The van der Waals surface area contributed by atoms with Crippen molar-refractivity contribution in [3.05, 3.63) is 29.3 Å². The Bertz CT molecular complexity index is 573. The van der Waals surface area contributed by atoms with E-state index in [2.05, 4.69) is 0 Å². The topological polar surface area (TPSA) is 68.5 Å². The van der Waals surface area contributed by atoms with Crippen molar-refractivity contribution < 1.29 is 19.0 Å². The molecule has 0 aromatic heterocycles. The van der Waals surface area contributed by atoms with Crippen LogP contribution in [0.1, 0.15) is 32.8 Å². The third kappa shape index (κ3) is 5.13. The van der Waals surface area contributed by atoms with Crippen LogP contribution < -0.4 is 9.47 Å². The van der Waals surface area contributed by atoms with Gasteiger partial charge < -0.3 is 14.2 Å². The quantitative estimate of drug-likeness (QED) is 0.418. The molecule has 0 radical (unpaired) electrons. The van der Waals surface area contributed by atoms with E-state index in [1.807, 2.05) is 19.9 Å². The Hall–Kier alpha value is -2.48. The van der Waals surface area contributed by atoms with Gasteiger partial charge in [0.25, 0.3) is 0 Å². The van der Waals surface area contributed by atoms with Gasteiger partial charge in [-0.2, -0.15) is 5.26 Å². The number of ether oxygens (including phenoxy) is 3. The third-order valence-electron chi connectivity index (χ3n) is 2.66. The van der Waals surface area contributed by atoms with Crippen molar-refractivity contribution in [3.8, 4) is 17.6 Å². The fourth-order valence-corrected chi connectivity index (χ4v) is 1.73. The average Bonchev–Trinajstić information content (AvgIpc) is 2.52. The highest BCUT2D eigenvalue weighted by molar-refractivity contribution is 5.97. The first-order chi connectivity index (χ1) is 10.7. The van der Waals surface area contributed by atoms with Crippen LogP contribution in [0.25, 0.3) is 6.08 Å². The Labute approximate surface area is 131 Å². The first-order valence-electron chi connectivity index (χ1n) is 7.34. The predicted octanol–water partition coefficient (Wildman–Crippen LogP) is 3.34. The SMILES string of the molecule is CCCOc1ccc(/C=C(\C#N)C(=O)OCC)cc1OCC. The molecule has 0 amide bonds. The monoisotopic (exact) mass is 303 g/mol. The molecule has 0 unspecified atom stereocenters. The second-order valence-electron chi connectivity index (χ2n) is 4.38. The van der Waals surface area contributed by atoms with Gasteiger partial charge in [-0.3, -0.25) is 0 Å². The van der Waals surface area contributed by atoms with Gasteiger partial charge in [-0.15, -0.1) is 0 Å². The van der Waals surface area contributed by atoms with Crippen molar-refractivity contribution in [2.24, 2.45) is 0 Å². The number of benzene rings is 1. The molecule has 5 nitrogen and oxygen atoms in total. The highest BCUT2D eigenvalue weighted by Crippen LogP contribution is 2.29. The molecule has 1 rings (SSSR count). The molecule has 0 saturated heterocycles. The van der Waals surface area contributed by atoms with Gasteiger partial charge in [0.2, 0.25) is 0 Å². The van der Waals surface area contributed by atoms with Gasteiger partial charge in [0.1, 0.15) is 11.6 Å². The van der Waals surface area contributed by atoms with E-state index in [1.54, 1.807) is 25.1 Å². The van der Waals surface area contributed by atoms with Crippen LogP contribution in [0.5, 0.6) is 11.5 Å². The molecule has 0 aliphatic carbocycles. The fraction of sp³-hybridized carbons (Fsp3) is 0.412. The van der Waals surface area contributed by atoms with Crippen molar-refractivity contribution >= 4 is 12.0 Å². The van der Waals surface area contributed by atoms with Gasteiger partial charge in [0.05, 0.1) is 19.8 Å². The maximum atomic E-state index is 11.6. The van der Waals surface area contributed by atoms with E-state index in [4.69, 9.17) is 19.5 Å². The third-order valence-corrected chi connectivity index (χ3v) is 2.66. The Morgan fingerprint density at radius 1 is 1.18 bits per heavy atom. The zero-order valence-electron chi connectivity index (χ0n) is 13.2. The van der Waals surface area contributed by atoms with Crippen molar-refractivity contribution in [3.63, 3.8) is 0 Å². The van der Waals surface area contributed by atoms with Gasteiger partial charge in [0.15, 0.2) is 11.5 Å². The second kappa shape index (κ2) is 9.46. The van der Waals surface area contributed by atoms with Crippen molar-refractivity contribution in [1.29, 1.82) is 5.26 Å². The molecule has 0 atom stereocenters. The molecule has 1 aromatic rings. The summed E-state index contributed by atoms with van der Waals surface area (Å²) in [6.45, 7) is 6.92. The molecule has 0 bridgehead atoms. The molecule has 0 aliphatic heterocycles. The molecule has 0 aliphatic rings. The first kappa shape index (κ1) is 17.6. The van der Waals surface area contributed by atoms with E-state index >= 15 is 0 Å². The summed E-state index contributed by atoms with van der Waals surface area (Å²) in [4.78, 5) is 11.6. The van der Waals surface area contributed by atoms with Crippen LogP contribution in [-0.2, 0) is 9.53 Å². The minimum atomic E-state index is -0.630. The fourth-order valence-electron chi connectivity index (χ4n) is 1.73. The van der Waals surface area contributed by atoms with E-state index in [-0.39, 0.29) is 12.2 Å². The summed E-state index contributed by atoms with van der Waals surface area (Å²) in [5, 5.41) is 9.05. The smallest absolute Gasteiger partial charge is 0.348 e.